The van der Waals surface area contributed by atoms with Crippen LogP contribution in [0.25, 0.3) is 0 Å². The summed E-state index contributed by atoms with van der Waals surface area (Å²) in [7, 11) is 0. The maximum atomic E-state index is 11.9. The molecule has 1 N–H and O–H groups in total. The van der Waals surface area contributed by atoms with Gasteiger partial charge in [-0.3, -0.25) is 4.79 Å². The molecule has 0 aliphatic carbocycles. The second kappa shape index (κ2) is 7.95. The molecule has 2 nitrogen and oxygen atoms in total. The average molecular weight is 377 g/mol. The van der Waals surface area contributed by atoms with Crippen molar-refractivity contribution in [2.24, 2.45) is 5.92 Å². The Morgan fingerprint density at radius 2 is 2.00 bits per heavy atom. The number of alkyl halides is 1. The van der Waals surface area contributed by atoms with E-state index in [-0.39, 0.29) is 5.91 Å². The average Bonchev–Trinajstić information content (AvgIpc) is 2.37. The fourth-order valence-electron chi connectivity index (χ4n) is 1.89. The number of hydrogen-bond acceptors (Lipinski definition) is 1. The number of amides is 1. The lowest BCUT2D eigenvalue weighted by Crippen LogP contribution is -2.32. The molecule has 100 valence electrons. The first-order chi connectivity index (χ1) is 8.58. The smallest absolute Gasteiger partial charge is 0.251 e. The minimum Gasteiger partial charge on any atom is -0.351 e. The topological polar surface area (TPSA) is 29.1 Å². The number of carbonyl (C=O) groups excluding carboxylic acids is 1. The summed E-state index contributed by atoms with van der Waals surface area (Å²) in [6.07, 6.45) is 2.25. The molecule has 1 aromatic rings. The van der Waals surface area contributed by atoms with E-state index in [2.05, 4.69) is 51.0 Å². The van der Waals surface area contributed by atoms with Gasteiger partial charge in [-0.1, -0.05) is 64.6 Å². The van der Waals surface area contributed by atoms with Crippen LogP contribution in [-0.4, -0.2) is 17.3 Å². The van der Waals surface area contributed by atoms with Crippen molar-refractivity contribution in [3.63, 3.8) is 0 Å². The van der Waals surface area contributed by atoms with Crippen molar-refractivity contribution in [2.75, 3.05) is 6.54 Å². The summed E-state index contributed by atoms with van der Waals surface area (Å²) in [5.74, 6) is 0.583. The lowest BCUT2D eigenvalue weighted by atomic mass is 9.99. The summed E-state index contributed by atoms with van der Waals surface area (Å²) in [5.41, 5.74) is 0.689. The molecule has 0 aromatic heterocycles. The number of halogens is 2. The maximum Gasteiger partial charge on any atom is 0.251 e. The Balaban J connectivity index is 2.51. The van der Waals surface area contributed by atoms with Gasteiger partial charge in [0.25, 0.3) is 5.91 Å². The van der Waals surface area contributed by atoms with Crippen LogP contribution >= 0.6 is 31.9 Å². The van der Waals surface area contributed by atoms with Crippen molar-refractivity contribution in [3.8, 4) is 0 Å². The zero-order chi connectivity index (χ0) is 13.5. The number of nitrogens with one attached hydrogen (secondary N) is 1. The van der Waals surface area contributed by atoms with Gasteiger partial charge in [0.15, 0.2) is 0 Å². The van der Waals surface area contributed by atoms with Crippen molar-refractivity contribution in [3.05, 3.63) is 34.3 Å². The van der Waals surface area contributed by atoms with Gasteiger partial charge >= 0.3 is 0 Å². The van der Waals surface area contributed by atoms with E-state index in [4.69, 9.17) is 0 Å². The highest BCUT2D eigenvalue weighted by Gasteiger charge is 2.16. The van der Waals surface area contributed by atoms with Crippen LogP contribution in [-0.2, 0) is 0 Å². The van der Waals surface area contributed by atoms with Crippen LogP contribution in [0.1, 0.15) is 37.0 Å². The highest BCUT2D eigenvalue weighted by molar-refractivity contribution is 9.10. The monoisotopic (exact) mass is 375 g/mol. The molecule has 0 bridgehead atoms. The summed E-state index contributed by atoms with van der Waals surface area (Å²) in [4.78, 5) is 12.3. The molecule has 0 saturated heterocycles. The molecule has 0 aliphatic rings. The van der Waals surface area contributed by atoms with Gasteiger partial charge in [0.2, 0.25) is 0 Å². The van der Waals surface area contributed by atoms with Crippen LogP contribution in [0, 0.1) is 5.92 Å². The van der Waals surface area contributed by atoms with Gasteiger partial charge in [0, 0.05) is 21.4 Å². The Hall–Kier alpha value is -0.350. The Labute approximate surface area is 126 Å². The number of benzene rings is 1. The Kier molecular flexibility index (Phi) is 6.94. The second-order valence-electron chi connectivity index (χ2n) is 4.31. The standard InChI is InChI=1S/C14H19Br2NO/c1-3-10(4-2)13(16)9-17-14(18)11-6-5-7-12(15)8-11/h5-8,10,13H,3-4,9H2,1-2H3,(H,17,18). The molecule has 0 radical (unpaired) electrons. The van der Waals surface area contributed by atoms with Crippen molar-refractivity contribution in [1.29, 1.82) is 0 Å². The van der Waals surface area contributed by atoms with Gasteiger partial charge < -0.3 is 5.32 Å². The van der Waals surface area contributed by atoms with Crippen LogP contribution in [0.2, 0.25) is 0 Å². The molecular formula is C14H19Br2NO. The molecule has 1 atom stereocenters. The molecule has 0 aliphatic heterocycles. The van der Waals surface area contributed by atoms with Gasteiger partial charge in [-0.2, -0.15) is 0 Å². The number of rotatable bonds is 6. The minimum absolute atomic E-state index is 0.0216. The van der Waals surface area contributed by atoms with Crippen LogP contribution in [0.4, 0.5) is 0 Å². The number of carbonyl (C=O) groups is 1. The molecule has 1 aromatic carbocycles. The normalized spacial score (nSPS) is 12.5. The van der Waals surface area contributed by atoms with Gasteiger partial charge in [0.1, 0.15) is 0 Å². The van der Waals surface area contributed by atoms with E-state index >= 15 is 0 Å². The third-order valence-corrected chi connectivity index (χ3v) is 4.67. The number of hydrogen-bond donors (Lipinski definition) is 1. The van der Waals surface area contributed by atoms with E-state index in [1.165, 1.54) is 0 Å². The van der Waals surface area contributed by atoms with E-state index in [9.17, 15) is 4.79 Å². The summed E-state index contributed by atoms with van der Waals surface area (Å²) >= 11 is 7.02. The Morgan fingerprint density at radius 3 is 2.56 bits per heavy atom. The van der Waals surface area contributed by atoms with Gasteiger partial charge in [0.05, 0.1) is 0 Å². The zero-order valence-corrected chi connectivity index (χ0v) is 13.9. The highest BCUT2D eigenvalue weighted by Crippen LogP contribution is 2.19. The van der Waals surface area contributed by atoms with Gasteiger partial charge in [-0.05, 0) is 24.1 Å². The predicted octanol–water partition coefficient (Wildman–Crippen LogP) is 4.38. The summed E-state index contributed by atoms with van der Waals surface area (Å²) < 4.78 is 0.922. The molecule has 0 fully saturated rings. The molecule has 1 rings (SSSR count). The van der Waals surface area contributed by atoms with Crippen LogP contribution in [0.15, 0.2) is 28.7 Å². The second-order valence-corrected chi connectivity index (χ2v) is 6.40. The molecule has 0 heterocycles. The summed E-state index contributed by atoms with van der Waals surface area (Å²) in [5, 5.41) is 2.97. The summed E-state index contributed by atoms with van der Waals surface area (Å²) in [6.45, 7) is 5.02. The fraction of sp³-hybridized carbons (Fsp3) is 0.500. The molecule has 0 spiro atoms. The fourth-order valence-corrected chi connectivity index (χ4v) is 3.20. The first-order valence-corrected chi connectivity index (χ1v) is 7.97. The molecule has 1 unspecified atom stereocenters. The molecular weight excluding hydrogens is 358 g/mol. The minimum atomic E-state index is -0.0216. The van der Waals surface area contributed by atoms with Crippen LogP contribution in [0.3, 0.4) is 0 Å². The lowest BCUT2D eigenvalue weighted by molar-refractivity contribution is 0.0952. The van der Waals surface area contributed by atoms with Crippen LogP contribution < -0.4 is 5.32 Å². The Bertz CT molecular complexity index is 391. The third kappa shape index (κ3) is 4.73. The maximum absolute atomic E-state index is 11.9. The molecule has 4 heteroatoms. The van der Waals surface area contributed by atoms with E-state index in [0.29, 0.717) is 22.9 Å². The molecule has 0 saturated carbocycles. The third-order valence-electron chi connectivity index (χ3n) is 3.10. The van der Waals surface area contributed by atoms with Crippen LogP contribution in [0.5, 0.6) is 0 Å². The van der Waals surface area contributed by atoms with Crippen molar-refractivity contribution in [1.82, 2.24) is 5.32 Å². The van der Waals surface area contributed by atoms with Crippen molar-refractivity contribution in [2.45, 2.75) is 31.5 Å². The predicted molar refractivity (Wildman–Crippen MR) is 83.3 cm³/mol. The van der Waals surface area contributed by atoms with E-state index in [1.54, 1.807) is 0 Å². The SMILES string of the molecule is CCC(CC)C(Br)CNC(=O)c1cccc(Br)c1. The molecule has 18 heavy (non-hydrogen) atoms. The molecule has 1 amide bonds. The van der Waals surface area contributed by atoms with E-state index < -0.39 is 0 Å². The van der Waals surface area contributed by atoms with Crippen molar-refractivity contribution >= 4 is 37.8 Å². The quantitative estimate of drug-likeness (QED) is 0.733. The first-order valence-electron chi connectivity index (χ1n) is 6.26. The van der Waals surface area contributed by atoms with Crippen molar-refractivity contribution < 1.29 is 4.79 Å². The zero-order valence-electron chi connectivity index (χ0n) is 10.7. The van der Waals surface area contributed by atoms with E-state index in [1.807, 2.05) is 24.3 Å². The lowest BCUT2D eigenvalue weighted by Gasteiger charge is -2.19. The van der Waals surface area contributed by atoms with Gasteiger partial charge in [-0.25, -0.2) is 0 Å². The van der Waals surface area contributed by atoms with E-state index in [0.717, 1.165) is 17.3 Å². The first kappa shape index (κ1) is 15.7. The Morgan fingerprint density at radius 1 is 1.33 bits per heavy atom. The highest BCUT2D eigenvalue weighted by atomic mass is 79.9. The summed E-state index contributed by atoms with van der Waals surface area (Å²) in [6, 6.07) is 7.43. The van der Waals surface area contributed by atoms with Gasteiger partial charge in [-0.15, -0.1) is 0 Å². The largest absolute Gasteiger partial charge is 0.351 e.